The highest BCUT2D eigenvalue weighted by atomic mass is 79.9. The first-order valence-corrected chi connectivity index (χ1v) is 7.56. The van der Waals surface area contributed by atoms with E-state index in [0.29, 0.717) is 5.54 Å². The molecule has 0 saturated heterocycles. The summed E-state index contributed by atoms with van der Waals surface area (Å²) in [5, 5.41) is 9.48. The first-order valence-electron chi connectivity index (χ1n) is 6.76. The molecule has 2 rings (SSSR count). The highest BCUT2D eigenvalue weighted by Crippen LogP contribution is 2.38. The molecule has 0 aliphatic heterocycles. The molecular weight excluding hydrogens is 304 g/mol. The molecule has 1 aliphatic rings. The Morgan fingerprint density at radius 2 is 1.95 bits per heavy atom. The summed E-state index contributed by atoms with van der Waals surface area (Å²) in [5.74, 6) is 0. The molecule has 1 N–H and O–H groups in total. The van der Waals surface area contributed by atoms with E-state index in [2.05, 4.69) is 52.9 Å². The Hall–Kier alpha value is -0.580. The van der Waals surface area contributed by atoms with Crippen molar-refractivity contribution in [2.75, 3.05) is 32.6 Å². The van der Waals surface area contributed by atoms with Crippen molar-refractivity contribution in [2.24, 2.45) is 0 Å². The van der Waals surface area contributed by atoms with Gasteiger partial charge in [0, 0.05) is 34.9 Å². The highest BCUT2D eigenvalue weighted by Gasteiger charge is 2.40. The SMILES string of the molecule is CN(CC1(N(C)C)CCC1)c1cc(Br)ccc1CO. The lowest BCUT2D eigenvalue weighted by Crippen LogP contribution is -2.56. The van der Waals surface area contributed by atoms with E-state index in [1.807, 2.05) is 12.1 Å². The van der Waals surface area contributed by atoms with E-state index in [1.165, 1.54) is 19.3 Å². The quantitative estimate of drug-likeness (QED) is 0.901. The van der Waals surface area contributed by atoms with Crippen molar-refractivity contribution in [1.29, 1.82) is 0 Å². The van der Waals surface area contributed by atoms with Crippen molar-refractivity contribution in [3.8, 4) is 0 Å². The molecule has 3 nitrogen and oxygen atoms in total. The molecule has 1 aliphatic carbocycles. The summed E-state index contributed by atoms with van der Waals surface area (Å²) in [6.07, 6.45) is 3.83. The van der Waals surface area contributed by atoms with Gasteiger partial charge >= 0.3 is 0 Å². The zero-order valence-corrected chi connectivity index (χ0v) is 13.6. The minimum Gasteiger partial charge on any atom is -0.392 e. The maximum atomic E-state index is 9.48. The van der Waals surface area contributed by atoms with Gasteiger partial charge in [-0.1, -0.05) is 22.0 Å². The van der Waals surface area contributed by atoms with Gasteiger partial charge in [-0.3, -0.25) is 0 Å². The standard InChI is InChI=1S/C15H23BrN2O/c1-17(2)15(7-4-8-15)11-18(3)14-9-13(16)6-5-12(14)10-19/h5-6,9,19H,4,7-8,10-11H2,1-3H3. The molecular formula is C15H23BrN2O. The fourth-order valence-corrected chi connectivity index (χ4v) is 3.23. The lowest BCUT2D eigenvalue weighted by Gasteiger charge is -2.49. The average Bonchev–Trinajstić information content (AvgIpc) is 2.33. The molecule has 106 valence electrons. The number of likely N-dealkylation sites (N-methyl/N-ethyl adjacent to an activating group) is 2. The number of aliphatic hydroxyl groups excluding tert-OH is 1. The normalized spacial score (nSPS) is 17.4. The average molecular weight is 327 g/mol. The van der Waals surface area contributed by atoms with Crippen LogP contribution in [0.25, 0.3) is 0 Å². The van der Waals surface area contributed by atoms with Crippen LogP contribution in [-0.2, 0) is 6.61 Å². The van der Waals surface area contributed by atoms with Gasteiger partial charge < -0.3 is 14.9 Å². The number of rotatable bonds is 5. The lowest BCUT2D eigenvalue weighted by atomic mass is 9.75. The van der Waals surface area contributed by atoms with Crippen molar-refractivity contribution in [3.05, 3.63) is 28.2 Å². The van der Waals surface area contributed by atoms with Crippen molar-refractivity contribution in [2.45, 2.75) is 31.4 Å². The Bertz CT molecular complexity index is 444. The molecule has 0 heterocycles. The molecule has 0 radical (unpaired) electrons. The molecule has 0 bridgehead atoms. The van der Waals surface area contributed by atoms with E-state index in [9.17, 15) is 5.11 Å². The molecule has 1 aromatic rings. The van der Waals surface area contributed by atoms with Gasteiger partial charge in [0.15, 0.2) is 0 Å². The number of hydrogen-bond acceptors (Lipinski definition) is 3. The molecule has 1 saturated carbocycles. The van der Waals surface area contributed by atoms with Gasteiger partial charge in [-0.15, -0.1) is 0 Å². The topological polar surface area (TPSA) is 26.7 Å². The van der Waals surface area contributed by atoms with Crippen LogP contribution in [0.15, 0.2) is 22.7 Å². The first-order chi connectivity index (χ1) is 8.98. The highest BCUT2D eigenvalue weighted by molar-refractivity contribution is 9.10. The minimum absolute atomic E-state index is 0.0852. The summed E-state index contributed by atoms with van der Waals surface area (Å²) >= 11 is 3.51. The lowest BCUT2D eigenvalue weighted by molar-refractivity contribution is 0.0682. The third kappa shape index (κ3) is 2.96. The third-order valence-corrected chi connectivity index (χ3v) is 4.89. The van der Waals surface area contributed by atoms with Gasteiger partial charge in [-0.05, 0) is 45.5 Å². The van der Waals surface area contributed by atoms with Crippen LogP contribution in [0.5, 0.6) is 0 Å². The molecule has 1 fully saturated rings. The van der Waals surface area contributed by atoms with Crippen LogP contribution in [0.4, 0.5) is 5.69 Å². The molecule has 0 unspecified atom stereocenters. The molecule has 1 aromatic carbocycles. The van der Waals surface area contributed by atoms with Gasteiger partial charge in [-0.2, -0.15) is 0 Å². The Labute approximate surface area is 124 Å². The molecule has 0 atom stereocenters. The van der Waals surface area contributed by atoms with E-state index in [1.54, 1.807) is 0 Å². The zero-order chi connectivity index (χ0) is 14.0. The Kier molecular flexibility index (Phi) is 4.54. The Morgan fingerprint density at radius 1 is 1.26 bits per heavy atom. The first kappa shape index (κ1) is 14.8. The number of aliphatic hydroxyl groups is 1. The summed E-state index contributed by atoms with van der Waals surface area (Å²) < 4.78 is 1.05. The monoisotopic (exact) mass is 326 g/mol. The van der Waals surface area contributed by atoms with Gasteiger partial charge in [0.25, 0.3) is 0 Å². The van der Waals surface area contributed by atoms with Crippen molar-refractivity contribution < 1.29 is 5.11 Å². The largest absolute Gasteiger partial charge is 0.392 e. The summed E-state index contributed by atoms with van der Waals surface area (Å²) in [6.45, 7) is 1.09. The summed E-state index contributed by atoms with van der Waals surface area (Å²) in [6, 6.07) is 6.06. The number of benzene rings is 1. The molecule has 0 spiro atoms. The molecule has 4 heteroatoms. The number of halogens is 1. The maximum Gasteiger partial charge on any atom is 0.0702 e. The molecule has 19 heavy (non-hydrogen) atoms. The smallest absolute Gasteiger partial charge is 0.0702 e. The Balaban J connectivity index is 2.19. The Morgan fingerprint density at radius 3 is 2.42 bits per heavy atom. The molecule has 0 aromatic heterocycles. The van der Waals surface area contributed by atoms with E-state index >= 15 is 0 Å². The predicted octanol–water partition coefficient (Wildman–Crippen LogP) is 2.86. The third-order valence-electron chi connectivity index (χ3n) is 4.39. The second kappa shape index (κ2) is 5.81. The predicted molar refractivity (Wildman–Crippen MR) is 83.6 cm³/mol. The van der Waals surface area contributed by atoms with Gasteiger partial charge in [0.2, 0.25) is 0 Å². The van der Waals surface area contributed by atoms with Crippen LogP contribution in [0.3, 0.4) is 0 Å². The second-order valence-corrected chi connectivity index (χ2v) is 6.68. The van der Waals surface area contributed by atoms with Crippen molar-refractivity contribution in [1.82, 2.24) is 4.90 Å². The summed E-state index contributed by atoms with van der Waals surface area (Å²) in [4.78, 5) is 4.62. The number of anilines is 1. The van der Waals surface area contributed by atoms with Crippen LogP contribution in [-0.4, -0.2) is 43.2 Å². The maximum absolute atomic E-state index is 9.48. The van der Waals surface area contributed by atoms with E-state index in [0.717, 1.165) is 22.3 Å². The fraction of sp³-hybridized carbons (Fsp3) is 0.600. The molecule has 0 amide bonds. The number of nitrogens with zero attached hydrogens (tertiary/aromatic N) is 2. The van der Waals surface area contributed by atoms with Crippen molar-refractivity contribution in [3.63, 3.8) is 0 Å². The van der Waals surface area contributed by atoms with Crippen LogP contribution in [0.2, 0.25) is 0 Å². The van der Waals surface area contributed by atoms with E-state index in [4.69, 9.17) is 0 Å². The minimum atomic E-state index is 0.0852. The van der Waals surface area contributed by atoms with Crippen LogP contribution in [0.1, 0.15) is 24.8 Å². The zero-order valence-electron chi connectivity index (χ0n) is 12.0. The van der Waals surface area contributed by atoms with Crippen molar-refractivity contribution >= 4 is 21.6 Å². The van der Waals surface area contributed by atoms with E-state index < -0.39 is 0 Å². The van der Waals surface area contributed by atoms with E-state index in [-0.39, 0.29) is 6.61 Å². The van der Waals surface area contributed by atoms with Crippen LogP contribution >= 0.6 is 15.9 Å². The second-order valence-electron chi connectivity index (χ2n) is 5.76. The van der Waals surface area contributed by atoms with Gasteiger partial charge in [0.1, 0.15) is 0 Å². The van der Waals surface area contributed by atoms with Crippen LogP contribution < -0.4 is 4.90 Å². The van der Waals surface area contributed by atoms with Crippen LogP contribution in [0, 0.1) is 0 Å². The van der Waals surface area contributed by atoms with Gasteiger partial charge in [0.05, 0.1) is 6.61 Å². The van der Waals surface area contributed by atoms with Gasteiger partial charge in [-0.25, -0.2) is 0 Å². The number of hydrogen-bond donors (Lipinski definition) is 1. The summed E-state index contributed by atoms with van der Waals surface area (Å²) in [5.41, 5.74) is 2.40. The fourth-order valence-electron chi connectivity index (χ4n) is 2.88. The summed E-state index contributed by atoms with van der Waals surface area (Å²) in [7, 11) is 6.45.